The Hall–Kier alpha value is -4.48. The Morgan fingerprint density at radius 3 is 2.45 bits per heavy atom. The maximum Gasteiger partial charge on any atom is 0.417 e. The van der Waals surface area contributed by atoms with Gasteiger partial charge in [0.15, 0.2) is 0 Å². The van der Waals surface area contributed by atoms with Crippen LogP contribution in [-0.2, 0) is 23.8 Å². The molecule has 5 aromatic rings. The van der Waals surface area contributed by atoms with Gasteiger partial charge < -0.3 is 4.98 Å². The molecule has 0 fully saturated rings. The van der Waals surface area contributed by atoms with E-state index in [0.717, 1.165) is 6.07 Å². The Bertz CT molecular complexity index is 1640. The number of H-pyrrole nitrogens is 1. The van der Waals surface area contributed by atoms with E-state index in [9.17, 15) is 31.1 Å². The number of nitrogens with one attached hydrogen (secondary N) is 1. The summed E-state index contributed by atoms with van der Waals surface area (Å²) in [6.07, 6.45) is 0.810. The average molecular weight is 529 g/mol. The van der Waals surface area contributed by atoms with Crippen molar-refractivity contribution >= 4 is 16.8 Å². The molecule has 0 aliphatic rings. The topological polar surface area (TPSA) is 76.5 Å². The lowest BCUT2D eigenvalue weighted by Crippen LogP contribution is -2.10. The quantitative estimate of drug-likeness (QED) is 0.248. The maximum absolute atomic E-state index is 15.0. The number of Topliss-reactive ketones (excluding diaryl/α,β-unsaturated/α-hetero) is 1. The molecule has 0 bridgehead atoms. The van der Waals surface area contributed by atoms with Crippen molar-refractivity contribution in [3.8, 4) is 22.4 Å². The van der Waals surface area contributed by atoms with Gasteiger partial charge in [0, 0.05) is 59.7 Å². The molecule has 4 aromatic heterocycles. The third-order valence-corrected chi connectivity index (χ3v) is 5.85. The molecule has 4 heterocycles. The van der Waals surface area contributed by atoms with Crippen molar-refractivity contribution < 1.29 is 31.1 Å². The van der Waals surface area contributed by atoms with Crippen LogP contribution in [0.3, 0.4) is 0 Å². The summed E-state index contributed by atoms with van der Waals surface area (Å²) in [4.78, 5) is 23.3. The van der Waals surface area contributed by atoms with Gasteiger partial charge in [-0.05, 0) is 35.4 Å². The molecule has 0 atom stereocenters. The lowest BCUT2D eigenvalue weighted by molar-refractivity contribution is -0.138. The molecule has 6 nitrogen and oxygen atoms in total. The first-order chi connectivity index (χ1) is 18.1. The summed E-state index contributed by atoms with van der Waals surface area (Å²) < 4.78 is 79.7. The van der Waals surface area contributed by atoms with Crippen molar-refractivity contribution in [2.75, 3.05) is 0 Å². The van der Waals surface area contributed by atoms with Gasteiger partial charge in [0.05, 0.1) is 17.5 Å². The predicted octanol–water partition coefficient (Wildman–Crippen LogP) is 6.40. The monoisotopic (exact) mass is 529 g/mol. The van der Waals surface area contributed by atoms with Gasteiger partial charge in [-0.2, -0.15) is 27.1 Å². The summed E-state index contributed by atoms with van der Waals surface area (Å²) in [7, 11) is 0. The van der Waals surface area contributed by atoms with Crippen LogP contribution in [-0.4, -0.2) is 30.5 Å². The highest BCUT2D eigenvalue weighted by Gasteiger charge is 2.31. The third kappa shape index (κ3) is 5.29. The number of hydrogen-bond acceptors (Lipinski definition) is 4. The van der Waals surface area contributed by atoms with E-state index in [2.05, 4.69) is 20.1 Å². The summed E-state index contributed by atoms with van der Waals surface area (Å²) >= 11 is 0. The first-order valence-electron chi connectivity index (χ1n) is 11.2. The first-order valence-corrected chi connectivity index (χ1v) is 11.2. The molecule has 194 valence electrons. The Morgan fingerprint density at radius 1 is 0.947 bits per heavy atom. The second-order valence-electron chi connectivity index (χ2n) is 8.62. The fourth-order valence-electron chi connectivity index (χ4n) is 4.06. The zero-order valence-corrected chi connectivity index (χ0v) is 19.3. The molecule has 5 rings (SSSR count). The molecule has 12 heteroatoms. The number of carbonyl (C=O) groups is 1. The number of hydrogen-bond donors (Lipinski definition) is 1. The number of halogens is 6. The lowest BCUT2D eigenvalue weighted by Gasteiger charge is -2.09. The number of fused-ring (bicyclic) bond motifs is 1. The summed E-state index contributed by atoms with van der Waals surface area (Å²) in [5.41, 5.74) is 1.65. The highest BCUT2D eigenvalue weighted by Crippen LogP contribution is 2.30. The Morgan fingerprint density at radius 2 is 1.74 bits per heavy atom. The van der Waals surface area contributed by atoms with Gasteiger partial charge in [0.1, 0.15) is 17.2 Å². The summed E-state index contributed by atoms with van der Waals surface area (Å²) in [5, 5.41) is 4.23. The number of ketones is 1. The van der Waals surface area contributed by atoms with Gasteiger partial charge in [-0.25, -0.2) is 14.1 Å². The number of carbonyl (C=O) groups excluding carboxylic acids is 1. The van der Waals surface area contributed by atoms with Crippen molar-refractivity contribution in [1.29, 1.82) is 0 Å². The standard InChI is InChI=1S/C26H17F6N5O/c27-22-6-14(4-20(38)5-15-3-19(12-33-9-15)26(30,31)32)1-2-21(22)17-7-16-8-23(36-24(16)34-10-17)18-11-35-37(13-18)25(28)29/h1-3,6-13,25H,4-5H2,(H,34,36). The zero-order valence-electron chi connectivity index (χ0n) is 19.3. The van der Waals surface area contributed by atoms with Crippen LogP contribution in [0.25, 0.3) is 33.4 Å². The van der Waals surface area contributed by atoms with Crippen LogP contribution in [0.15, 0.2) is 67.4 Å². The van der Waals surface area contributed by atoms with Gasteiger partial charge in [-0.3, -0.25) is 9.78 Å². The van der Waals surface area contributed by atoms with E-state index in [0.29, 0.717) is 44.3 Å². The second-order valence-corrected chi connectivity index (χ2v) is 8.62. The number of nitrogens with zero attached hydrogens (tertiary/aromatic N) is 4. The first kappa shape index (κ1) is 25.2. The molecule has 0 radical (unpaired) electrons. The highest BCUT2D eigenvalue weighted by molar-refractivity contribution is 5.87. The van der Waals surface area contributed by atoms with Crippen LogP contribution in [0.1, 0.15) is 23.2 Å². The van der Waals surface area contributed by atoms with Crippen molar-refractivity contribution in [2.45, 2.75) is 25.6 Å². The molecule has 0 amide bonds. The van der Waals surface area contributed by atoms with E-state index >= 15 is 0 Å². The number of aromatic amines is 1. The fourth-order valence-corrected chi connectivity index (χ4v) is 4.06. The van der Waals surface area contributed by atoms with E-state index in [1.807, 2.05) is 0 Å². The molecular weight excluding hydrogens is 512 g/mol. The van der Waals surface area contributed by atoms with Crippen molar-refractivity contribution in [1.82, 2.24) is 24.7 Å². The molecule has 38 heavy (non-hydrogen) atoms. The van der Waals surface area contributed by atoms with Gasteiger partial charge in [-0.15, -0.1) is 0 Å². The van der Waals surface area contributed by atoms with E-state index < -0.39 is 29.9 Å². The van der Waals surface area contributed by atoms with Crippen LogP contribution in [0, 0.1) is 5.82 Å². The average Bonchev–Trinajstić information content (AvgIpc) is 3.51. The largest absolute Gasteiger partial charge is 0.417 e. The van der Waals surface area contributed by atoms with E-state index in [4.69, 9.17) is 0 Å². The molecule has 0 saturated carbocycles. The molecule has 0 spiro atoms. The van der Waals surface area contributed by atoms with Crippen LogP contribution >= 0.6 is 0 Å². The molecule has 1 aromatic carbocycles. The summed E-state index contributed by atoms with van der Waals surface area (Å²) in [6, 6.07) is 8.49. The predicted molar refractivity (Wildman–Crippen MR) is 126 cm³/mol. The van der Waals surface area contributed by atoms with Crippen LogP contribution < -0.4 is 0 Å². The SMILES string of the molecule is O=C(Cc1cncc(C(F)(F)F)c1)Cc1ccc(-c2cnc3[nH]c(-c4cnn(C(F)F)c4)cc3c2)c(F)c1. The number of pyridine rings is 2. The smallest absolute Gasteiger partial charge is 0.339 e. The van der Waals surface area contributed by atoms with Gasteiger partial charge in [0.2, 0.25) is 0 Å². The van der Waals surface area contributed by atoms with Gasteiger partial charge >= 0.3 is 12.7 Å². The lowest BCUT2D eigenvalue weighted by atomic mass is 9.99. The van der Waals surface area contributed by atoms with Crippen LogP contribution in [0.5, 0.6) is 0 Å². The highest BCUT2D eigenvalue weighted by atomic mass is 19.4. The van der Waals surface area contributed by atoms with E-state index in [-0.39, 0.29) is 24.0 Å². The number of rotatable bonds is 7. The summed E-state index contributed by atoms with van der Waals surface area (Å²) in [5.74, 6) is -0.998. The van der Waals surface area contributed by atoms with Crippen LogP contribution in [0.2, 0.25) is 0 Å². The molecule has 0 aliphatic carbocycles. The van der Waals surface area contributed by atoms with E-state index in [1.165, 1.54) is 36.9 Å². The third-order valence-electron chi connectivity index (χ3n) is 5.85. The Kier molecular flexibility index (Phi) is 6.47. The number of alkyl halides is 5. The van der Waals surface area contributed by atoms with E-state index in [1.54, 1.807) is 18.2 Å². The fraction of sp³-hybridized carbons (Fsp3) is 0.154. The molecule has 0 saturated heterocycles. The minimum Gasteiger partial charge on any atom is -0.339 e. The number of aromatic nitrogens is 5. The van der Waals surface area contributed by atoms with Crippen molar-refractivity contribution in [2.24, 2.45) is 0 Å². The maximum atomic E-state index is 15.0. The normalized spacial score (nSPS) is 12.0. The van der Waals surface area contributed by atoms with Crippen molar-refractivity contribution in [3.63, 3.8) is 0 Å². The molecule has 0 aliphatic heterocycles. The molecule has 1 N–H and O–H groups in total. The Labute approximate surface area is 211 Å². The minimum absolute atomic E-state index is 0.119. The number of benzene rings is 1. The molecular formula is C26H17F6N5O. The van der Waals surface area contributed by atoms with Gasteiger partial charge in [-0.1, -0.05) is 12.1 Å². The zero-order chi connectivity index (χ0) is 27.0. The van der Waals surface area contributed by atoms with Crippen molar-refractivity contribution in [3.05, 3.63) is 89.9 Å². The second kappa shape index (κ2) is 9.77. The Balaban J connectivity index is 1.32. The van der Waals surface area contributed by atoms with Gasteiger partial charge in [0.25, 0.3) is 0 Å². The summed E-state index contributed by atoms with van der Waals surface area (Å²) in [6.45, 7) is -2.77. The molecule has 0 unspecified atom stereocenters. The minimum atomic E-state index is -4.57. The van der Waals surface area contributed by atoms with Crippen LogP contribution in [0.4, 0.5) is 26.3 Å².